The molecule has 0 aliphatic heterocycles. The van der Waals surface area contributed by atoms with Crippen LogP contribution in [0.4, 0.5) is 5.82 Å². The van der Waals surface area contributed by atoms with Crippen molar-refractivity contribution in [3.8, 4) is 0 Å². The summed E-state index contributed by atoms with van der Waals surface area (Å²) in [6, 6.07) is 3.45. The molecular weight excluding hydrogens is 256 g/mol. The van der Waals surface area contributed by atoms with Gasteiger partial charge < -0.3 is 15.5 Å². The number of rotatable bonds is 8. The van der Waals surface area contributed by atoms with E-state index in [0.717, 1.165) is 18.5 Å². The molecule has 0 radical (unpaired) electrons. The van der Waals surface area contributed by atoms with Crippen LogP contribution in [0.2, 0.25) is 0 Å². The maximum atomic E-state index is 12.1. The molecule has 0 bridgehead atoms. The summed E-state index contributed by atoms with van der Waals surface area (Å²) in [4.78, 5) is 16.4. The number of nitrogens with zero attached hydrogens (tertiary/aromatic N) is 1. The van der Waals surface area contributed by atoms with Gasteiger partial charge >= 0.3 is 0 Å². The fourth-order valence-electron chi connectivity index (χ4n) is 1.73. The molecule has 4 N–H and O–H groups in total. The van der Waals surface area contributed by atoms with Crippen molar-refractivity contribution in [1.29, 1.82) is 0 Å². The van der Waals surface area contributed by atoms with E-state index in [1.165, 1.54) is 0 Å². The fraction of sp³-hybridized carbons (Fsp3) is 0.571. The molecule has 0 saturated carbocycles. The highest BCUT2D eigenvalue weighted by molar-refractivity contribution is 5.95. The maximum absolute atomic E-state index is 12.1. The minimum Gasteiger partial charge on any atom is -0.385 e. The summed E-state index contributed by atoms with van der Waals surface area (Å²) in [5, 5.41) is 2.88. The van der Waals surface area contributed by atoms with E-state index in [1.54, 1.807) is 19.2 Å². The summed E-state index contributed by atoms with van der Waals surface area (Å²) in [5.74, 6) is 6.01. The van der Waals surface area contributed by atoms with Gasteiger partial charge in [0.2, 0.25) is 0 Å². The highest BCUT2D eigenvalue weighted by atomic mass is 16.5. The number of carbonyl (C=O) groups excluding carboxylic acids is 1. The number of hydrazine groups is 1. The summed E-state index contributed by atoms with van der Waals surface area (Å²) in [5.41, 5.74) is 3.90. The van der Waals surface area contributed by atoms with Crippen LogP contribution < -0.4 is 16.6 Å². The molecule has 1 amide bonds. The largest absolute Gasteiger partial charge is 0.385 e. The Bertz CT molecular complexity index is 435. The summed E-state index contributed by atoms with van der Waals surface area (Å²) in [7, 11) is 1.67. The average molecular weight is 280 g/mol. The molecule has 6 nitrogen and oxygen atoms in total. The van der Waals surface area contributed by atoms with Crippen molar-refractivity contribution < 1.29 is 9.53 Å². The Morgan fingerprint density at radius 2 is 2.15 bits per heavy atom. The van der Waals surface area contributed by atoms with E-state index in [4.69, 9.17) is 10.6 Å². The van der Waals surface area contributed by atoms with Crippen LogP contribution in [-0.4, -0.2) is 31.2 Å². The molecule has 20 heavy (non-hydrogen) atoms. The van der Waals surface area contributed by atoms with E-state index < -0.39 is 0 Å². The van der Waals surface area contributed by atoms with Crippen LogP contribution >= 0.6 is 0 Å². The SMILES string of the molecule is COCCCCNC(=O)c1cc(NN)nc(C(C)C)c1. The molecule has 0 unspecified atom stereocenters. The summed E-state index contributed by atoms with van der Waals surface area (Å²) < 4.78 is 4.96. The highest BCUT2D eigenvalue weighted by Gasteiger charge is 2.11. The number of nitrogens with one attached hydrogen (secondary N) is 2. The van der Waals surface area contributed by atoms with Crippen LogP contribution in [0.1, 0.15) is 48.7 Å². The lowest BCUT2D eigenvalue weighted by Gasteiger charge is -2.11. The van der Waals surface area contributed by atoms with Gasteiger partial charge in [0.15, 0.2) is 0 Å². The van der Waals surface area contributed by atoms with Crippen molar-refractivity contribution in [1.82, 2.24) is 10.3 Å². The smallest absolute Gasteiger partial charge is 0.251 e. The lowest BCUT2D eigenvalue weighted by Crippen LogP contribution is -2.25. The molecule has 0 fully saturated rings. The molecule has 1 aromatic heterocycles. The molecular formula is C14H24N4O2. The van der Waals surface area contributed by atoms with Gasteiger partial charge in [0.25, 0.3) is 5.91 Å². The maximum Gasteiger partial charge on any atom is 0.251 e. The third kappa shape index (κ3) is 5.14. The zero-order chi connectivity index (χ0) is 15.0. The van der Waals surface area contributed by atoms with Gasteiger partial charge in [0.05, 0.1) is 0 Å². The van der Waals surface area contributed by atoms with Crippen molar-refractivity contribution in [2.45, 2.75) is 32.6 Å². The van der Waals surface area contributed by atoms with Crippen LogP contribution in [-0.2, 0) is 4.74 Å². The van der Waals surface area contributed by atoms with Gasteiger partial charge in [-0.25, -0.2) is 10.8 Å². The molecule has 6 heteroatoms. The molecule has 1 aromatic rings. The van der Waals surface area contributed by atoms with E-state index in [1.807, 2.05) is 13.8 Å². The molecule has 1 rings (SSSR count). The van der Waals surface area contributed by atoms with Gasteiger partial charge in [-0.1, -0.05) is 13.8 Å². The number of pyridine rings is 1. The number of aromatic nitrogens is 1. The fourth-order valence-corrected chi connectivity index (χ4v) is 1.73. The Morgan fingerprint density at radius 1 is 1.40 bits per heavy atom. The monoisotopic (exact) mass is 280 g/mol. The molecule has 0 aromatic carbocycles. The molecule has 0 atom stereocenters. The van der Waals surface area contributed by atoms with E-state index in [2.05, 4.69) is 15.7 Å². The lowest BCUT2D eigenvalue weighted by atomic mass is 10.1. The Morgan fingerprint density at radius 3 is 2.75 bits per heavy atom. The van der Waals surface area contributed by atoms with Crippen LogP contribution in [0.25, 0.3) is 0 Å². The number of methoxy groups -OCH3 is 1. The second-order valence-electron chi connectivity index (χ2n) is 4.92. The molecule has 0 spiro atoms. The predicted octanol–water partition coefficient (Wildman–Crippen LogP) is 1.65. The van der Waals surface area contributed by atoms with Crippen LogP contribution in [0.5, 0.6) is 0 Å². The van der Waals surface area contributed by atoms with E-state index in [9.17, 15) is 4.79 Å². The zero-order valence-corrected chi connectivity index (χ0v) is 12.4. The third-order valence-electron chi connectivity index (χ3n) is 2.91. The summed E-state index contributed by atoms with van der Waals surface area (Å²) >= 11 is 0. The number of hydrogen-bond acceptors (Lipinski definition) is 5. The van der Waals surface area contributed by atoms with Crippen LogP contribution in [0.15, 0.2) is 12.1 Å². The van der Waals surface area contributed by atoms with E-state index in [-0.39, 0.29) is 11.8 Å². The predicted molar refractivity (Wildman–Crippen MR) is 79.6 cm³/mol. The number of hydrogen-bond donors (Lipinski definition) is 3. The van der Waals surface area contributed by atoms with Crippen molar-refractivity contribution in [3.63, 3.8) is 0 Å². The van der Waals surface area contributed by atoms with Crippen LogP contribution in [0, 0.1) is 0 Å². The number of carbonyl (C=O) groups is 1. The first-order chi connectivity index (χ1) is 9.58. The van der Waals surface area contributed by atoms with Crippen molar-refractivity contribution in [3.05, 3.63) is 23.4 Å². The molecule has 1 heterocycles. The number of unbranched alkanes of at least 4 members (excludes halogenated alkanes) is 1. The van der Waals surface area contributed by atoms with Gasteiger partial charge in [0, 0.05) is 31.5 Å². The Hall–Kier alpha value is -1.66. The second kappa shape index (κ2) is 8.50. The van der Waals surface area contributed by atoms with Crippen molar-refractivity contribution in [2.75, 3.05) is 25.7 Å². The first-order valence-corrected chi connectivity index (χ1v) is 6.84. The van der Waals surface area contributed by atoms with Crippen molar-refractivity contribution in [2.24, 2.45) is 5.84 Å². The number of nitrogens with two attached hydrogens (primary N) is 1. The number of anilines is 1. The molecule has 0 aliphatic carbocycles. The molecule has 0 aliphatic rings. The van der Waals surface area contributed by atoms with E-state index >= 15 is 0 Å². The van der Waals surface area contributed by atoms with Gasteiger partial charge in [-0.3, -0.25) is 4.79 Å². The number of nitrogen functional groups attached to an aromatic ring is 1. The second-order valence-corrected chi connectivity index (χ2v) is 4.92. The summed E-state index contributed by atoms with van der Waals surface area (Å²) in [6.07, 6.45) is 1.82. The number of ether oxygens (including phenoxy) is 1. The first kappa shape index (κ1) is 16.4. The normalized spacial score (nSPS) is 10.7. The first-order valence-electron chi connectivity index (χ1n) is 6.84. The van der Waals surface area contributed by atoms with Gasteiger partial charge in [-0.15, -0.1) is 0 Å². The van der Waals surface area contributed by atoms with Crippen LogP contribution in [0.3, 0.4) is 0 Å². The minimum atomic E-state index is -0.108. The summed E-state index contributed by atoms with van der Waals surface area (Å²) in [6.45, 7) is 5.39. The zero-order valence-electron chi connectivity index (χ0n) is 12.4. The lowest BCUT2D eigenvalue weighted by molar-refractivity contribution is 0.0951. The Labute approximate surface area is 120 Å². The van der Waals surface area contributed by atoms with Crippen molar-refractivity contribution >= 4 is 11.7 Å². The Kier molecular flexibility index (Phi) is 6.97. The topological polar surface area (TPSA) is 89.3 Å². The quantitative estimate of drug-likeness (QED) is 0.383. The van der Waals surface area contributed by atoms with Gasteiger partial charge in [-0.05, 0) is 30.9 Å². The highest BCUT2D eigenvalue weighted by Crippen LogP contribution is 2.17. The molecule has 0 saturated heterocycles. The molecule has 112 valence electrons. The minimum absolute atomic E-state index is 0.108. The van der Waals surface area contributed by atoms with Gasteiger partial charge in [-0.2, -0.15) is 0 Å². The standard InChI is InChI=1S/C14H24N4O2/c1-10(2)12-8-11(9-13(17-12)18-15)14(19)16-6-4-5-7-20-3/h8-10H,4-7,15H2,1-3H3,(H,16,19)(H,17,18). The number of amides is 1. The average Bonchev–Trinajstić information content (AvgIpc) is 2.46. The Balaban J connectivity index is 2.64. The van der Waals surface area contributed by atoms with E-state index in [0.29, 0.717) is 24.5 Å². The third-order valence-corrected chi connectivity index (χ3v) is 2.91. The van der Waals surface area contributed by atoms with Gasteiger partial charge in [0.1, 0.15) is 5.82 Å².